The zero-order valence-corrected chi connectivity index (χ0v) is 11.4. The molecule has 0 spiro atoms. The molecule has 1 N–H and O–H groups in total. The highest BCUT2D eigenvalue weighted by molar-refractivity contribution is 5.49. The van der Waals surface area contributed by atoms with Gasteiger partial charge in [0.15, 0.2) is 0 Å². The van der Waals surface area contributed by atoms with Crippen LogP contribution in [0.3, 0.4) is 0 Å². The van der Waals surface area contributed by atoms with Crippen LogP contribution in [-0.2, 0) is 0 Å². The molecule has 1 aromatic heterocycles. The molecule has 1 aliphatic rings. The van der Waals surface area contributed by atoms with E-state index in [-0.39, 0.29) is 0 Å². The molecule has 0 amide bonds. The van der Waals surface area contributed by atoms with Crippen molar-refractivity contribution in [3.8, 4) is 5.69 Å². The van der Waals surface area contributed by atoms with Crippen LogP contribution in [0.25, 0.3) is 5.69 Å². The predicted molar refractivity (Wildman–Crippen MR) is 74.2 cm³/mol. The summed E-state index contributed by atoms with van der Waals surface area (Å²) in [7, 11) is 0. The molecule has 0 radical (unpaired) electrons. The Morgan fingerprint density at radius 2 is 2.05 bits per heavy atom. The molecule has 1 heterocycles. The van der Waals surface area contributed by atoms with E-state index in [9.17, 15) is 0 Å². The summed E-state index contributed by atoms with van der Waals surface area (Å²) < 4.78 is 1.66. The third-order valence-corrected chi connectivity index (χ3v) is 3.82. The van der Waals surface area contributed by atoms with Crippen molar-refractivity contribution in [2.45, 2.75) is 39.2 Å². The molecule has 0 bridgehead atoms. The molecule has 100 valence electrons. The largest absolute Gasteiger partial charge is 0.382 e. The van der Waals surface area contributed by atoms with Gasteiger partial charge in [0, 0.05) is 11.7 Å². The fourth-order valence-electron chi connectivity index (χ4n) is 2.79. The molecule has 1 fully saturated rings. The summed E-state index contributed by atoms with van der Waals surface area (Å²) in [6.07, 6.45) is 5.39. The lowest BCUT2D eigenvalue weighted by atomic mass is 9.92. The van der Waals surface area contributed by atoms with Crippen LogP contribution < -0.4 is 5.32 Å². The van der Waals surface area contributed by atoms with Gasteiger partial charge < -0.3 is 5.32 Å². The molecular formula is C14H19N5. The minimum Gasteiger partial charge on any atom is -0.382 e. The van der Waals surface area contributed by atoms with Crippen molar-refractivity contribution < 1.29 is 0 Å². The zero-order chi connectivity index (χ0) is 13.3. The lowest BCUT2D eigenvalue weighted by Gasteiger charge is -2.18. The summed E-state index contributed by atoms with van der Waals surface area (Å²) in [6.45, 7) is 4.69. The minimum atomic E-state index is 0.476. The quantitative estimate of drug-likeness (QED) is 0.918. The molecule has 1 atom stereocenters. The maximum absolute atomic E-state index is 3.87. The summed E-state index contributed by atoms with van der Waals surface area (Å²) in [5.41, 5.74) is 2.62. The molecule has 5 nitrogen and oxygen atoms in total. The van der Waals surface area contributed by atoms with Gasteiger partial charge in [0.25, 0.3) is 0 Å². The van der Waals surface area contributed by atoms with Crippen molar-refractivity contribution in [3.63, 3.8) is 0 Å². The van der Waals surface area contributed by atoms with Gasteiger partial charge in [-0.05, 0) is 59.4 Å². The number of hydrogen-bond acceptors (Lipinski definition) is 4. The number of benzene rings is 1. The molecule has 2 aromatic rings. The Morgan fingerprint density at radius 3 is 2.63 bits per heavy atom. The summed E-state index contributed by atoms with van der Waals surface area (Å²) in [6, 6.07) is 8.82. The molecule has 0 aliphatic heterocycles. The molecule has 3 rings (SSSR count). The molecule has 1 aliphatic carbocycles. The van der Waals surface area contributed by atoms with Crippen LogP contribution in [0.5, 0.6) is 0 Å². The van der Waals surface area contributed by atoms with Gasteiger partial charge in [0.2, 0.25) is 0 Å². The molecule has 1 unspecified atom stereocenters. The normalized spacial score (nSPS) is 21.5. The number of anilines is 1. The van der Waals surface area contributed by atoms with Crippen molar-refractivity contribution >= 4 is 5.69 Å². The first-order valence-electron chi connectivity index (χ1n) is 6.72. The van der Waals surface area contributed by atoms with Crippen LogP contribution in [0.2, 0.25) is 0 Å². The third-order valence-electron chi connectivity index (χ3n) is 3.82. The van der Waals surface area contributed by atoms with E-state index in [0.717, 1.165) is 5.69 Å². The topological polar surface area (TPSA) is 55.6 Å². The molecule has 19 heavy (non-hydrogen) atoms. The van der Waals surface area contributed by atoms with Gasteiger partial charge >= 0.3 is 0 Å². The number of aromatic nitrogens is 4. The smallest absolute Gasteiger partial charge is 0.143 e. The average molecular weight is 257 g/mol. The SMILES string of the molecule is CC1(C)CCC(Nc2ccc(-n3cnnn3)cc2)C1. The lowest BCUT2D eigenvalue weighted by Crippen LogP contribution is -2.17. The number of nitrogens with zero attached hydrogens (tertiary/aromatic N) is 4. The monoisotopic (exact) mass is 257 g/mol. The Balaban J connectivity index is 1.67. The van der Waals surface area contributed by atoms with Crippen molar-refractivity contribution in [1.29, 1.82) is 0 Å². The summed E-state index contributed by atoms with van der Waals surface area (Å²) in [5, 5.41) is 14.8. The summed E-state index contributed by atoms with van der Waals surface area (Å²) in [4.78, 5) is 0. The van der Waals surface area contributed by atoms with Crippen molar-refractivity contribution in [3.05, 3.63) is 30.6 Å². The second-order valence-electron chi connectivity index (χ2n) is 6.05. The Bertz CT molecular complexity index is 529. The summed E-state index contributed by atoms with van der Waals surface area (Å²) >= 11 is 0. The van der Waals surface area contributed by atoms with E-state index in [1.165, 1.54) is 24.9 Å². The first-order chi connectivity index (χ1) is 9.12. The van der Waals surface area contributed by atoms with E-state index < -0.39 is 0 Å². The van der Waals surface area contributed by atoms with Gasteiger partial charge in [-0.1, -0.05) is 13.8 Å². The van der Waals surface area contributed by atoms with E-state index in [1.54, 1.807) is 11.0 Å². The van der Waals surface area contributed by atoms with Crippen LogP contribution in [0, 0.1) is 5.41 Å². The van der Waals surface area contributed by atoms with Crippen LogP contribution in [0.15, 0.2) is 30.6 Å². The summed E-state index contributed by atoms with van der Waals surface area (Å²) in [5.74, 6) is 0. The molecule has 5 heteroatoms. The van der Waals surface area contributed by atoms with Gasteiger partial charge in [-0.25, -0.2) is 4.68 Å². The van der Waals surface area contributed by atoms with E-state index in [2.05, 4.69) is 46.8 Å². The number of hydrogen-bond donors (Lipinski definition) is 1. The third kappa shape index (κ3) is 2.75. The number of rotatable bonds is 3. The Kier molecular flexibility index (Phi) is 2.97. The van der Waals surface area contributed by atoms with Crippen molar-refractivity contribution in [2.75, 3.05) is 5.32 Å². The maximum atomic E-state index is 3.87. The van der Waals surface area contributed by atoms with Gasteiger partial charge in [-0.15, -0.1) is 5.10 Å². The molecule has 1 saturated carbocycles. The van der Waals surface area contributed by atoms with Crippen LogP contribution in [0.1, 0.15) is 33.1 Å². The van der Waals surface area contributed by atoms with Crippen LogP contribution in [0.4, 0.5) is 5.69 Å². The lowest BCUT2D eigenvalue weighted by molar-refractivity contribution is 0.378. The van der Waals surface area contributed by atoms with Crippen LogP contribution in [-0.4, -0.2) is 26.2 Å². The first kappa shape index (κ1) is 12.1. The first-order valence-corrected chi connectivity index (χ1v) is 6.72. The van der Waals surface area contributed by atoms with E-state index in [0.29, 0.717) is 11.5 Å². The Morgan fingerprint density at radius 1 is 1.26 bits per heavy atom. The van der Waals surface area contributed by atoms with Crippen molar-refractivity contribution in [2.24, 2.45) is 5.41 Å². The molecule has 1 aromatic carbocycles. The average Bonchev–Trinajstić information content (AvgIpc) is 3.00. The minimum absolute atomic E-state index is 0.476. The fraction of sp³-hybridized carbons (Fsp3) is 0.500. The van der Waals surface area contributed by atoms with Gasteiger partial charge in [0.05, 0.1) is 5.69 Å². The molecular weight excluding hydrogens is 238 g/mol. The molecule has 0 saturated heterocycles. The highest BCUT2D eigenvalue weighted by atomic mass is 15.5. The predicted octanol–water partition coefficient (Wildman–Crippen LogP) is 2.65. The van der Waals surface area contributed by atoms with Gasteiger partial charge in [-0.2, -0.15) is 0 Å². The van der Waals surface area contributed by atoms with E-state index in [4.69, 9.17) is 0 Å². The fourth-order valence-corrected chi connectivity index (χ4v) is 2.79. The Labute approximate surface area is 113 Å². The van der Waals surface area contributed by atoms with Gasteiger partial charge in [0.1, 0.15) is 6.33 Å². The Hall–Kier alpha value is -1.91. The van der Waals surface area contributed by atoms with Crippen molar-refractivity contribution in [1.82, 2.24) is 20.2 Å². The standard InChI is InChI=1S/C14H19N5/c1-14(2)8-7-12(9-14)16-11-3-5-13(6-4-11)19-10-15-17-18-19/h3-6,10,12,16H,7-9H2,1-2H3. The second kappa shape index (κ2) is 4.64. The van der Waals surface area contributed by atoms with E-state index in [1.807, 2.05) is 12.1 Å². The van der Waals surface area contributed by atoms with Crippen LogP contribution >= 0.6 is 0 Å². The second-order valence-corrected chi connectivity index (χ2v) is 6.05. The highest BCUT2D eigenvalue weighted by Crippen LogP contribution is 2.38. The highest BCUT2D eigenvalue weighted by Gasteiger charge is 2.30. The number of tetrazole rings is 1. The zero-order valence-electron chi connectivity index (χ0n) is 11.4. The van der Waals surface area contributed by atoms with E-state index >= 15 is 0 Å². The maximum Gasteiger partial charge on any atom is 0.143 e. The number of nitrogens with one attached hydrogen (secondary N) is 1. The van der Waals surface area contributed by atoms with Gasteiger partial charge in [-0.3, -0.25) is 0 Å².